The summed E-state index contributed by atoms with van der Waals surface area (Å²) in [5.41, 5.74) is 9.65. The largest absolute Gasteiger partial charge is 0.471 e. The van der Waals surface area contributed by atoms with Crippen LogP contribution in [0.4, 0.5) is 10.2 Å². The zero-order valence-corrected chi connectivity index (χ0v) is 20.1. The lowest BCUT2D eigenvalue weighted by Crippen LogP contribution is -2.22. The lowest BCUT2D eigenvalue weighted by molar-refractivity contribution is 0.188. The summed E-state index contributed by atoms with van der Waals surface area (Å²) in [6.45, 7) is 4.24. The second-order valence-electron chi connectivity index (χ2n) is 8.71. The van der Waals surface area contributed by atoms with Crippen LogP contribution in [-0.4, -0.2) is 35.7 Å². The maximum atomic E-state index is 14.3. The first-order valence-corrected chi connectivity index (χ1v) is 12.8. The highest BCUT2D eigenvalue weighted by Crippen LogP contribution is 2.35. The number of benzene rings is 2. The SMILES string of the molecule is C=S(N)(=O)c1ccc2c(c1)-c1cnc(N)c(n1)OC(C)C(C)c1cc(F)ccc1-c1nccn1C2. The molecule has 0 saturated heterocycles. The molecule has 5 rings (SSSR count). The van der Waals surface area contributed by atoms with Gasteiger partial charge in [-0.15, -0.1) is 0 Å². The third-order valence-electron chi connectivity index (χ3n) is 6.33. The molecule has 0 aliphatic carbocycles. The maximum Gasteiger partial charge on any atom is 0.258 e. The highest BCUT2D eigenvalue weighted by Gasteiger charge is 2.25. The maximum absolute atomic E-state index is 14.3. The van der Waals surface area contributed by atoms with Gasteiger partial charge in [0.1, 0.15) is 17.7 Å². The van der Waals surface area contributed by atoms with Crippen molar-refractivity contribution in [2.75, 3.05) is 5.73 Å². The van der Waals surface area contributed by atoms with Crippen molar-refractivity contribution in [3.05, 3.63) is 71.9 Å². The molecule has 8 nitrogen and oxygen atoms in total. The number of hydrogen-bond donors (Lipinski definition) is 2. The van der Waals surface area contributed by atoms with Crippen LogP contribution in [0, 0.1) is 5.82 Å². The molecule has 2 bridgehead atoms. The van der Waals surface area contributed by atoms with Gasteiger partial charge in [0.25, 0.3) is 5.88 Å². The number of hydrogen-bond acceptors (Lipinski definition) is 6. The normalized spacial score (nSPS) is 19.0. The highest BCUT2D eigenvalue weighted by atomic mass is 32.2. The third kappa shape index (κ3) is 4.26. The number of halogens is 1. The lowest BCUT2D eigenvalue weighted by atomic mass is 9.91. The Hall–Kier alpha value is -3.76. The molecular formula is C25H25FN6O2S. The van der Waals surface area contributed by atoms with Crippen molar-refractivity contribution in [3.8, 4) is 28.5 Å². The van der Waals surface area contributed by atoms with Gasteiger partial charge in [0.2, 0.25) is 0 Å². The smallest absolute Gasteiger partial charge is 0.258 e. The zero-order valence-electron chi connectivity index (χ0n) is 19.3. The number of nitrogen functional groups attached to an aromatic ring is 1. The molecule has 0 saturated carbocycles. The number of fused-ring (bicyclic) bond motifs is 7. The van der Waals surface area contributed by atoms with Crippen molar-refractivity contribution < 1.29 is 13.3 Å². The molecule has 0 radical (unpaired) electrons. The van der Waals surface area contributed by atoms with Gasteiger partial charge in [0, 0.05) is 40.9 Å². The second-order valence-corrected chi connectivity index (χ2v) is 10.6. The van der Waals surface area contributed by atoms with Crippen molar-refractivity contribution in [2.45, 2.75) is 37.3 Å². The molecule has 0 spiro atoms. The monoisotopic (exact) mass is 492 g/mol. The lowest BCUT2D eigenvalue weighted by Gasteiger charge is -2.24. The highest BCUT2D eigenvalue weighted by molar-refractivity contribution is 7.98. The van der Waals surface area contributed by atoms with Crippen LogP contribution in [0.5, 0.6) is 5.88 Å². The molecule has 4 N–H and O–H groups in total. The Balaban J connectivity index is 1.79. The van der Waals surface area contributed by atoms with Crippen molar-refractivity contribution in [3.63, 3.8) is 0 Å². The topological polar surface area (TPSA) is 122 Å². The van der Waals surface area contributed by atoms with Crippen LogP contribution < -0.4 is 15.6 Å². The minimum absolute atomic E-state index is 0.132. The Morgan fingerprint density at radius 2 is 1.97 bits per heavy atom. The number of nitrogens with zero attached hydrogens (tertiary/aromatic N) is 4. The third-order valence-corrected chi connectivity index (χ3v) is 7.38. The molecule has 3 atom stereocenters. The Bertz CT molecular complexity index is 1550. The molecule has 35 heavy (non-hydrogen) atoms. The number of nitrogens with two attached hydrogens (primary N) is 2. The Morgan fingerprint density at radius 1 is 1.17 bits per heavy atom. The van der Waals surface area contributed by atoms with Crippen LogP contribution in [0.3, 0.4) is 0 Å². The van der Waals surface area contributed by atoms with Gasteiger partial charge >= 0.3 is 0 Å². The average molecular weight is 493 g/mol. The Morgan fingerprint density at radius 3 is 2.74 bits per heavy atom. The van der Waals surface area contributed by atoms with E-state index in [-0.39, 0.29) is 23.4 Å². The van der Waals surface area contributed by atoms with Gasteiger partial charge in [-0.3, -0.25) is 5.14 Å². The summed E-state index contributed by atoms with van der Waals surface area (Å²) >= 11 is 0. The van der Waals surface area contributed by atoms with E-state index in [0.717, 1.165) is 16.7 Å². The van der Waals surface area contributed by atoms with Crippen molar-refractivity contribution in [1.82, 2.24) is 19.5 Å². The molecule has 3 unspecified atom stereocenters. The van der Waals surface area contributed by atoms with Crippen molar-refractivity contribution >= 4 is 21.4 Å². The van der Waals surface area contributed by atoms with Gasteiger partial charge in [0.05, 0.1) is 21.6 Å². The first-order chi connectivity index (χ1) is 16.6. The molecule has 2 aromatic heterocycles. The van der Waals surface area contributed by atoms with E-state index in [0.29, 0.717) is 28.5 Å². The van der Waals surface area contributed by atoms with Crippen LogP contribution in [0.2, 0.25) is 0 Å². The fraction of sp³-hybridized carbons (Fsp3) is 0.200. The average Bonchev–Trinajstić information content (AvgIpc) is 3.27. The quantitative estimate of drug-likeness (QED) is 0.392. The summed E-state index contributed by atoms with van der Waals surface area (Å²) in [6.07, 6.45) is 4.69. The van der Waals surface area contributed by atoms with Crippen molar-refractivity contribution in [1.29, 1.82) is 0 Å². The Labute approximate surface area is 203 Å². The second kappa shape index (κ2) is 8.47. The van der Waals surface area contributed by atoms with Crippen LogP contribution in [0.25, 0.3) is 22.6 Å². The summed E-state index contributed by atoms with van der Waals surface area (Å²) in [5, 5.41) is 5.83. The summed E-state index contributed by atoms with van der Waals surface area (Å²) in [4.78, 5) is 13.9. The Kier molecular flexibility index (Phi) is 5.57. The number of rotatable bonds is 1. The van der Waals surface area contributed by atoms with Crippen molar-refractivity contribution in [2.24, 2.45) is 5.14 Å². The van der Waals surface area contributed by atoms with E-state index in [2.05, 4.69) is 20.8 Å². The zero-order chi connectivity index (χ0) is 24.9. The van der Waals surface area contributed by atoms with E-state index in [4.69, 9.17) is 15.6 Å². The number of imidazole rings is 1. The molecule has 0 fully saturated rings. The molecule has 0 amide bonds. The summed E-state index contributed by atoms with van der Waals surface area (Å²) in [5.74, 6) is 4.02. The minimum Gasteiger partial charge on any atom is -0.471 e. The van der Waals surface area contributed by atoms with E-state index in [1.54, 1.807) is 30.6 Å². The van der Waals surface area contributed by atoms with E-state index in [9.17, 15) is 8.60 Å². The minimum atomic E-state index is -2.96. The fourth-order valence-corrected chi connectivity index (χ4v) is 4.87. The van der Waals surface area contributed by atoms with E-state index in [1.807, 2.05) is 30.7 Å². The molecule has 180 valence electrons. The van der Waals surface area contributed by atoms with E-state index < -0.39 is 15.8 Å². The standard InChI is InChI=1S/C25H25FN6O2S/c1-14-15(2)34-25-23(27)30-12-22(31-25)21-11-18(35(3,28)33)6-4-16(21)13-32-9-8-29-24(32)19-7-5-17(26)10-20(14)19/h4-12,14-15H,3,13H2,1-2H3,(H2,27,30)(H2,28,33). The van der Waals surface area contributed by atoms with E-state index >= 15 is 0 Å². The molecule has 10 heteroatoms. The van der Waals surface area contributed by atoms with Crippen LogP contribution in [0.1, 0.15) is 30.9 Å². The van der Waals surface area contributed by atoms with Crippen LogP contribution in [0.15, 0.2) is 59.9 Å². The van der Waals surface area contributed by atoms with Gasteiger partial charge in [-0.25, -0.2) is 23.6 Å². The predicted octanol–water partition coefficient (Wildman–Crippen LogP) is 3.61. The molecule has 3 heterocycles. The molecule has 2 aromatic carbocycles. The number of anilines is 1. The summed E-state index contributed by atoms with van der Waals surface area (Å²) in [6, 6.07) is 9.90. The summed E-state index contributed by atoms with van der Waals surface area (Å²) in [7, 11) is -2.96. The van der Waals surface area contributed by atoms with Gasteiger partial charge < -0.3 is 15.0 Å². The first kappa shape index (κ1) is 23.0. The van der Waals surface area contributed by atoms with Crippen LogP contribution in [-0.2, 0) is 16.3 Å². The number of ether oxygens (including phenoxy) is 1. The van der Waals surface area contributed by atoms with E-state index in [1.165, 1.54) is 12.1 Å². The molecular weight excluding hydrogens is 467 g/mol. The van der Waals surface area contributed by atoms with Gasteiger partial charge in [-0.05, 0) is 54.3 Å². The van der Waals surface area contributed by atoms with Gasteiger partial charge in [-0.2, -0.15) is 0 Å². The van der Waals surface area contributed by atoms with Crippen LogP contribution >= 0.6 is 0 Å². The molecule has 1 aliphatic rings. The molecule has 1 aliphatic heterocycles. The number of aromatic nitrogens is 4. The fourth-order valence-electron chi connectivity index (χ4n) is 4.25. The first-order valence-electron chi connectivity index (χ1n) is 11.0. The van der Waals surface area contributed by atoms with Gasteiger partial charge in [-0.1, -0.05) is 13.0 Å². The summed E-state index contributed by atoms with van der Waals surface area (Å²) < 4.78 is 35.0. The van der Waals surface area contributed by atoms with Gasteiger partial charge in [0.15, 0.2) is 5.82 Å². The predicted molar refractivity (Wildman–Crippen MR) is 135 cm³/mol. The molecule has 4 aromatic rings.